The molecule has 6 nitrogen and oxygen atoms in total. The van der Waals surface area contributed by atoms with Gasteiger partial charge in [0, 0.05) is 18.6 Å². The second-order valence-electron chi connectivity index (χ2n) is 23.4. The molecule has 5 fully saturated rings. The van der Waals surface area contributed by atoms with Crippen molar-refractivity contribution in [2.45, 2.75) is 150 Å². The molecule has 0 bridgehead atoms. The summed E-state index contributed by atoms with van der Waals surface area (Å²) in [7, 11) is 0. The highest BCUT2D eigenvalue weighted by Crippen LogP contribution is 2.76. The fourth-order valence-electron chi connectivity index (χ4n) is 16.5. The number of rotatable bonds is 12. The summed E-state index contributed by atoms with van der Waals surface area (Å²) in [5.74, 6) is 2.63. The highest BCUT2D eigenvalue weighted by Gasteiger charge is 2.70. The molecule has 1 heterocycles. The largest absolute Gasteiger partial charge is 0.461 e. The van der Waals surface area contributed by atoms with Crippen LogP contribution in [0, 0.1) is 56.7 Å². The van der Waals surface area contributed by atoms with E-state index in [1.165, 1.54) is 107 Å². The zero-order valence-electron chi connectivity index (χ0n) is 40.5. The van der Waals surface area contributed by atoms with Crippen LogP contribution in [0.2, 0.25) is 0 Å². The van der Waals surface area contributed by atoms with E-state index in [4.69, 9.17) is 9.47 Å². The maximum atomic E-state index is 14.1. The van der Waals surface area contributed by atoms with E-state index in [0.29, 0.717) is 52.9 Å². The summed E-state index contributed by atoms with van der Waals surface area (Å²) in [6.07, 6.45) is 22.6. The second kappa shape index (κ2) is 17.6. The maximum absolute atomic E-state index is 14.1. The number of benzene rings is 2. The molecule has 9 rings (SSSR count). The Balaban J connectivity index is 0.941. The molecule has 1 unspecified atom stereocenters. The van der Waals surface area contributed by atoms with Crippen LogP contribution in [0.3, 0.4) is 0 Å². The van der Waals surface area contributed by atoms with Crippen molar-refractivity contribution in [2.75, 3.05) is 32.8 Å². The van der Waals surface area contributed by atoms with E-state index < -0.39 is 11.4 Å². The Morgan fingerprint density at radius 2 is 1.50 bits per heavy atom. The van der Waals surface area contributed by atoms with Gasteiger partial charge in [-0.05, 0) is 190 Å². The van der Waals surface area contributed by atoms with E-state index in [2.05, 4.69) is 70.5 Å². The molecule has 64 heavy (non-hydrogen) atoms. The molecular weight excluding hydrogens is 789 g/mol. The normalized spacial score (nSPS) is 38.0. The standard InChI is InChI=1S/C58H80N2O4/c1-41(2)45-25-32-58(59-35-38-60-36-15-10-16-37-60)34-33-55(6)47(50(45)58)21-22-49-54(5)28-26-46(53(3,4)48(54)27-29-56(49,55)7)43-23-30-57(31-24-43,40-64-51(61)44-19-13-9-14-20-44)52(62)63-39-42-17-11-8-12-18-42/h8-9,11-14,17-20,23,26,45,47-50,59H,1,10,15-16,21-22,24-25,27-40H2,2-7H3/t45-,47+,48-,49+,50+,54-,55+,56+,57?,58-/m0/s1. The van der Waals surface area contributed by atoms with Crippen LogP contribution in [-0.4, -0.2) is 55.2 Å². The number of fused-ring (bicyclic) bond motifs is 7. The van der Waals surface area contributed by atoms with Crippen LogP contribution in [-0.2, 0) is 20.9 Å². The number of hydrogen-bond donors (Lipinski definition) is 1. The minimum absolute atomic E-state index is 0.00199. The summed E-state index contributed by atoms with van der Waals surface area (Å²) in [5, 5.41) is 4.36. The van der Waals surface area contributed by atoms with E-state index in [-0.39, 0.29) is 35.6 Å². The van der Waals surface area contributed by atoms with Crippen molar-refractivity contribution in [1.29, 1.82) is 0 Å². The summed E-state index contributed by atoms with van der Waals surface area (Å²) >= 11 is 0. The Labute approximate surface area is 386 Å². The summed E-state index contributed by atoms with van der Waals surface area (Å²) < 4.78 is 12.0. The average molecular weight is 869 g/mol. The zero-order chi connectivity index (χ0) is 45.0. The van der Waals surface area contributed by atoms with Crippen LogP contribution in [0.25, 0.3) is 0 Å². The van der Waals surface area contributed by atoms with Crippen LogP contribution < -0.4 is 5.32 Å². The Morgan fingerprint density at radius 3 is 2.20 bits per heavy atom. The van der Waals surface area contributed by atoms with Crippen molar-refractivity contribution in [2.24, 2.45) is 56.7 Å². The number of carbonyl (C=O) groups is 2. The quantitative estimate of drug-likeness (QED) is 0.169. The number of hydrogen-bond acceptors (Lipinski definition) is 6. The van der Waals surface area contributed by atoms with Gasteiger partial charge in [0.1, 0.15) is 18.6 Å². The summed E-state index contributed by atoms with van der Waals surface area (Å²) in [6, 6.07) is 18.9. The van der Waals surface area contributed by atoms with E-state index in [1.54, 1.807) is 12.1 Å². The lowest BCUT2D eigenvalue weighted by Crippen LogP contribution is -2.68. The highest BCUT2D eigenvalue weighted by molar-refractivity contribution is 5.89. The van der Waals surface area contributed by atoms with Crippen LogP contribution in [0.4, 0.5) is 0 Å². The Kier molecular flexibility index (Phi) is 12.6. The van der Waals surface area contributed by atoms with E-state index in [9.17, 15) is 9.59 Å². The molecule has 0 radical (unpaired) electrons. The second-order valence-corrected chi connectivity index (χ2v) is 23.4. The van der Waals surface area contributed by atoms with Gasteiger partial charge in [0.05, 0.1) is 5.56 Å². The Hall–Kier alpha value is -3.48. The third kappa shape index (κ3) is 7.80. The lowest BCUT2D eigenvalue weighted by Gasteiger charge is -2.72. The van der Waals surface area contributed by atoms with Gasteiger partial charge in [-0.15, -0.1) is 0 Å². The van der Waals surface area contributed by atoms with Crippen LogP contribution in [0.5, 0.6) is 0 Å². The van der Waals surface area contributed by atoms with Gasteiger partial charge in [-0.1, -0.05) is 114 Å². The molecule has 0 amide bonds. The first-order valence-electron chi connectivity index (χ1n) is 25.6. The van der Waals surface area contributed by atoms with Gasteiger partial charge in [-0.2, -0.15) is 0 Å². The predicted octanol–water partition coefficient (Wildman–Crippen LogP) is 12.7. The number of carbonyl (C=O) groups excluding carboxylic acids is 2. The van der Waals surface area contributed by atoms with Gasteiger partial charge in [0.25, 0.3) is 0 Å². The number of likely N-dealkylation sites (tertiary alicyclic amines) is 1. The molecule has 1 N–H and O–H groups in total. The van der Waals surface area contributed by atoms with Gasteiger partial charge in [0.2, 0.25) is 0 Å². The van der Waals surface area contributed by atoms with Crippen molar-refractivity contribution >= 4 is 11.9 Å². The van der Waals surface area contributed by atoms with Crippen LogP contribution >= 0.6 is 0 Å². The molecule has 1 aliphatic heterocycles. The molecule has 7 aliphatic rings. The van der Waals surface area contributed by atoms with E-state index in [1.807, 2.05) is 48.5 Å². The topological polar surface area (TPSA) is 67.9 Å². The molecule has 0 spiro atoms. The van der Waals surface area contributed by atoms with Crippen LogP contribution in [0.15, 0.2) is 96.1 Å². The number of ether oxygens (including phenoxy) is 2. The first-order valence-corrected chi connectivity index (χ1v) is 25.6. The molecule has 1 saturated heterocycles. The molecule has 10 atom stereocenters. The Morgan fingerprint density at radius 1 is 0.766 bits per heavy atom. The van der Waals surface area contributed by atoms with Crippen molar-refractivity contribution in [1.82, 2.24) is 10.2 Å². The van der Waals surface area contributed by atoms with Crippen molar-refractivity contribution in [3.05, 3.63) is 107 Å². The number of nitrogens with one attached hydrogen (secondary N) is 1. The van der Waals surface area contributed by atoms with Gasteiger partial charge in [-0.25, -0.2) is 4.79 Å². The number of nitrogens with zero attached hydrogens (tertiary/aromatic N) is 1. The highest BCUT2D eigenvalue weighted by atomic mass is 16.6. The molecule has 6 aliphatic carbocycles. The summed E-state index contributed by atoms with van der Waals surface area (Å²) in [6.45, 7) is 25.4. The molecule has 2 aromatic rings. The minimum Gasteiger partial charge on any atom is -0.461 e. The zero-order valence-corrected chi connectivity index (χ0v) is 40.5. The number of esters is 2. The molecule has 346 valence electrons. The molecule has 0 aromatic heterocycles. The van der Waals surface area contributed by atoms with Gasteiger partial charge in [-0.3, -0.25) is 4.79 Å². The first-order chi connectivity index (χ1) is 30.7. The monoisotopic (exact) mass is 869 g/mol. The smallest absolute Gasteiger partial charge is 0.338 e. The first kappa shape index (κ1) is 45.7. The van der Waals surface area contributed by atoms with Crippen molar-refractivity contribution in [3.63, 3.8) is 0 Å². The fourth-order valence-corrected chi connectivity index (χ4v) is 16.5. The number of piperidine rings is 1. The van der Waals surface area contributed by atoms with Gasteiger partial charge >= 0.3 is 11.9 Å². The van der Waals surface area contributed by atoms with E-state index in [0.717, 1.165) is 30.9 Å². The van der Waals surface area contributed by atoms with Crippen molar-refractivity contribution < 1.29 is 19.1 Å². The predicted molar refractivity (Wildman–Crippen MR) is 258 cm³/mol. The lowest BCUT2D eigenvalue weighted by molar-refractivity contribution is -0.221. The molecule has 2 aromatic carbocycles. The third-order valence-corrected chi connectivity index (χ3v) is 20.1. The van der Waals surface area contributed by atoms with Crippen molar-refractivity contribution in [3.8, 4) is 0 Å². The van der Waals surface area contributed by atoms with Crippen LogP contribution in [0.1, 0.15) is 154 Å². The fraction of sp³-hybridized carbons (Fsp3) is 0.655. The summed E-state index contributed by atoms with van der Waals surface area (Å²) in [4.78, 5) is 30.1. The number of allylic oxidation sites excluding steroid dienone is 5. The van der Waals surface area contributed by atoms with E-state index >= 15 is 0 Å². The third-order valence-electron chi connectivity index (χ3n) is 20.1. The average Bonchev–Trinajstić information content (AvgIpc) is 3.69. The molecular formula is C58H80N2O4. The Bertz CT molecular complexity index is 2100. The molecule has 6 heteroatoms. The SMILES string of the molecule is C=C(C)[C@@H]1CC[C@]2(NCCN3CCCCC3)CC[C@]3(C)[C@H](CC[C@@H]4[C@@]5(C)CC=C(C6=CCC(COC(=O)c7ccccc7)(C(=O)OCc7ccccc7)CC6)C(C)(C)[C@@H]5CC[C@]43C)[C@@H]12. The maximum Gasteiger partial charge on any atom is 0.338 e. The van der Waals surface area contributed by atoms with Gasteiger partial charge in [0.15, 0.2) is 0 Å². The lowest BCUT2D eigenvalue weighted by atomic mass is 9.33. The molecule has 4 saturated carbocycles. The summed E-state index contributed by atoms with van der Waals surface area (Å²) in [5.41, 5.74) is 5.89. The minimum atomic E-state index is -0.930. The van der Waals surface area contributed by atoms with Gasteiger partial charge < -0.3 is 19.7 Å².